The molecule has 0 radical (unpaired) electrons. The third-order valence-electron chi connectivity index (χ3n) is 1.19. The number of phenols is 1. The average Bonchev–Trinajstić information content (AvgIpc) is 1.95. The van der Waals surface area contributed by atoms with Gasteiger partial charge in [-0.15, -0.1) is 0 Å². The molecule has 0 aliphatic rings. The van der Waals surface area contributed by atoms with E-state index < -0.39 is 0 Å². The predicted molar refractivity (Wildman–Crippen MR) is 46.7 cm³/mol. The van der Waals surface area contributed by atoms with Crippen molar-refractivity contribution in [2.45, 2.75) is 6.61 Å². The van der Waals surface area contributed by atoms with Crippen LogP contribution in [0.15, 0.2) is 18.2 Å². The van der Waals surface area contributed by atoms with Crippen molar-refractivity contribution in [3.63, 3.8) is 0 Å². The van der Waals surface area contributed by atoms with E-state index in [0.29, 0.717) is 0 Å². The molecule has 2 N–H and O–H groups in total. The van der Waals surface area contributed by atoms with Crippen LogP contribution in [0, 0.1) is 3.57 Å². The van der Waals surface area contributed by atoms with Crippen LogP contribution in [-0.4, -0.2) is 10.2 Å². The fourth-order valence-electron chi connectivity index (χ4n) is 0.657. The summed E-state index contributed by atoms with van der Waals surface area (Å²) in [6, 6.07) is 5.10. The lowest BCUT2D eigenvalue weighted by molar-refractivity contribution is 0.281. The van der Waals surface area contributed by atoms with Crippen LogP contribution in [0.2, 0.25) is 0 Å². The summed E-state index contributed by atoms with van der Waals surface area (Å²) in [7, 11) is 0. The molecule has 0 atom stereocenters. The lowest BCUT2D eigenvalue weighted by Crippen LogP contribution is -1.82. The second-order valence-corrected chi connectivity index (χ2v) is 3.11. The lowest BCUT2D eigenvalue weighted by Gasteiger charge is -1.98. The number of hydrogen-bond donors (Lipinski definition) is 2. The zero-order valence-electron chi connectivity index (χ0n) is 5.21. The molecular formula is C7H7IO2. The van der Waals surface area contributed by atoms with E-state index in [1.807, 2.05) is 22.6 Å². The van der Waals surface area contributed by atoms with Gasteiger partial charge in [-0.25, -0.2) is 0 Å². The minimum atomic E-state index is -0.0233. The fourth-order valence-corrected chi connectivity index (χ4v) is 0.992. The van der Waals surface area contributed by atoms with E-state index in [4.69, 9.17) is 10.2 Å². The molecule has 0 unspecified atom stereocenters. The Balaban J connectivity index is 3.04. The van der Waals surface area contributed by atoms with Gasteiger partial charge in [-0.2, -0.15) is 0 Å². The van der Waals surface area contributed by atoms with Gasteiger partial charge >= 0.3 is 0 Å². The molecule has 1 aromatic rings. The van der Waals surface area contributed by atoms with Gasteiger partial charge in [-0.05, 0) is 40.3 Å². The van der Waals surface area contributed by atoms with Crippen molar-refractivity contribution < 1.29 is 10.2 Å². The van der Waals surface area contributed by atoms with Gasteiger partial charge in [0.25, 0.3) is 0 Å². The number of hydrogen-bond acceptors (Lipinski definition) is 2. The first-order valence-corrected chi connectivity index (χ1v) is 3.90. The summed E-state index contributed by atoms with van der Waals surface area (Å²) in [5, 5.41) is 17.8. The maximum Gasteiger partial charge on any atom is 0.129 e. The molecule has 1 rings (SSSR count). The van der Waals surface area contributed by atoms with Crippen molar-refractivity contribution in [1.29, 1.82) is 0 Å². The van der Waals surface area contributed by atoms with Gasteiger partial charge in [-0.1, -0.05) is 6.07 Å². The molecule has 0 fully saturated rings. The number of rotatable bonds is 1. The zero-order valence-corrected chi connectivity index (χ0v) is 7.37. The summed E-state index contributed by atoms with van der Waals surface area (Å²) in [4.78, 5) is 0. The maximum atomic E-state index is 9.11. The summed E-state index contributed by atoms with van der Waals surface area (Å²) >= 11 is 2.03. The van der Waals surface area contributed by atoms with Gasteiger partial charge in [0.05, 0.1) is 10.2 Å². The number of benzene rings is 1. The monoisotopic (exact) mass is 250 g/mol. The minimum absolute atomic E-state index is 0.0233. The van der Waals surface area contributed by atoms with Gasteiger partial charge in [0, 0.05) is 0 Å². The summed E-state index contributed by atoms with van der Waals surface area (Å²) in [6.45, 7) is -0.0233. The third kappa shape index (κ3) is 1.60. The molecule has 0 bridgehead atoms. The predicted octanol–water partition coefficient (Wildman–Crippen LogP) is 1.49. The smallest absolute Gasteiger partial charge is 0.129 e. The molecule has 10 heavy (non-hydrogen) atoms. The lowest BCUT2D eigenvalue weighted by atomic mass is 10.2. The molecule has 54 valence electrons. The van der Waals surface area contributed by atoms with E-state index in [0.717, 1.165) is 9.13 Å². The average molecular weight is 250 g/mol. The van der Waals surface area contributed by atoms with Gasteiger partial charge in [-0.3, -0.25) is 0 Å². The van der Waals surface area contributed by atoms with E-state index in [-0.39, 0.29) is 12.4 Å². The number of aliphatic hydroxyl groups is 1. The summed E-state index contributed by atoms with van der Waals surface area (Å²) in [5.41, 5.74) is 0.734. The first-order chi connectivity index (χ1) is 4.74. The van der Waals surface area contributed by atoms with Crippen molar-refractivity contribution in [2.24, 2.45) is 0 Å². The van der Waals surface area contributed by atoms with E-state index in [9.17, 15) is 0 Å². The first kappa shape index (κ1) is 7.81. The molecule has 0 saturated heterocycles. The molecule has 0 aliphatic carbocycles. The topological polar surface area (TPSA) is 40.5 Å². The molecule has 1 aromatic carbocycles. The quantitative estimate of drug-likeness (QED) is 0.741. The van der Waals surface area contributed by atoms with Crippen LogP contribution in [0.1, 0.15) is 5.56 Å². The Labute approximate surface area is 72.6 Å². The van der Waals surface area contributed by atoms with Gasteiger partial charge in [0.1, 0.15) is 5.75 Å². The van der Waals surface area contributed by atoms with E-state index in [1.165, 1.54) is 0 Å². The van der Waals surface area contributed by atoms with Gasteiger partial charge in [0.2, 0.25) is 0 Å². The summed E-state index contributed by atoms with van der Waals surface area (Å²) in [5.74, 6) is 0.229. The second-order valence-electron chi connectivity index (χ2n) is 1.94. The second kappa shape index (κ2) is 3.21. The number of aliphatic hydroxyl groups excluding tert-OH is 1. The highest BCUT2D eigenvalue weighted by Gasteiger charge is 1.96. The molecule has 0 aliphatic heterocycles. The standard InChI is InChI=1S/C7H7IO2/c8-6-2-1-5(4-9)3-7(6)10/h1-3,9-10H,4H2. The van der Waals surface area contributed by atoms with Gasteiger partial charge in [0.15, 0.2) is 0 Å². The SMILES string of the molecule is OCc1ccc(I)c(O)c1. The van der Waals surface area contributed by atoms with Crippen molar-refractivity contribution in [3.8, 4) is 5.75 Å². The van der Waals surface area contributed by atoms with Crippen molar-refractivity contribution in [3.05, 3.63) is 27.3 Å². The highest BCUT2D eigenvalue weighted by molar-refractivity contribution is 14.1. The highest BCUT2D eigenvalue weighted by Crippen LogP contribution is 2.19. The van der Waals surface area contributed by atoms with Crippen molar-refractivity contribution in [1.82, 2.24) is 0 Å². The Kier molecular flexibility index (Phi) is 2.50. The fraction of sp³-hybridized carbons (Fsp3) is 0.143. The molecular weight excluding hydrogens is 243 g/mol. The number of aromatic hydroxyl groups is 1. The van der Waals surface area contributed by atoms with Crippen molar-refractivity contribution >= 4 is 22.6 Å². The van der Waals surface area contributed by atoms with Crippen LogP contribution in [0.5, 0.6) is 5.75 Å². The van der Waals surface area contributed by atoms with Crippen LogP contribution < -0.4 is 0 Å². The molecule has 0 heterocycles. The Hall–Kier alpha value is -0.290. The summed E-state index contributed by atoms with van der Waals surface area (Å²) in [6.07, 6.45) is 0. The molecule has 3 heteroatoms. The largest absolute Gasteiger partial charge is 0.507 e. The number of phenolic OH excluding ortho intramolecular Hbond substituents is 1. The van der Waals surface area contributed by atoms with Crippen LogP contribution in [-0.2, 0) is 6.61 Å². The van der Waals surface area contributed by atoms with Crippen LogP contribution in [0.25, 0.3) is 0 Å². The van der Waals surface area contributed by atoms with Crippen LogP contribution in [0.3, 0.4) is 0 Å². The maximum absolute atomic E-state index is 9.11. The molecule has 0 spiro atoms. The van der Waals surface area contributed by atoms with Gasteiger partial charge < -0.3 is 10.2 Å². The first-order valence-electron chi connectivity index (χ1n) is 2.82. The molecule has 0 amide bonds. The molecule has 0 aromatic heterocycles. The Morgan fingerprint density at radius 1 is 1.40 bits per heavy atom. The van der Waals surface area contributed by atoms with E-state index >= 15 is 0 Å². The third-order valence-corrected chi connectivity index (χ3v) is 2.11. The summed E-state index contributed by atoms with van der Waals surface area (Å²) < 4.78 is 0.801. The van der Waals surface area contributed by atoms with Crippen LogP contribution >= 0.6 is 22.6 Å². The number of halogens is 1. The van der Waals surface area contributed by atoms with E-state index in [1.54, 1.807) is 18.2 Å². The Morgan fingerprint density at radius 2 is 2.10 bits per heavy atom. The zero-order chi connectivity index (χ0) is 7.56. The van der Waals surface area contributed by atoms with Crippen molar-refractivity contribution in [2.75, 3.05) is 0 Å². The highest BCUT2D eigenvalue weighted by atomic mass is 127. The molecule has 2 nitrogen and oxygen atoms in total. The molecule has 0 saturated carbocycles. The van der Waals surface area contributed by atoms with Crippen LogP contribution in [0.4, 0.5) is 0 Å². The van der Waals surface area contributed by atoms with E-state index in [2.05, 4.69) is 0 Å². The normalized spacial score (nSPS) is 9.80. The Bertz CT molecular complexity index is 235. The Morgan fingerprint density at radius 3 is 2.60 bits per heavy atom. The minimum Gasteiger partial charge on any atom is -0.507 e.